The summed E-state index contributed by atoms with van der Waals surface area (Å²) in [7, 11) is -2.30. The molecule has 0 spiro atoms. The van der Waals surface area contributed by atoms with E-state index < -0.39 is 10.0 Å². The van der Waals surface area contributed by atoms with Crippen LogP contribution in [0.15, 0.2) is 28.6 Å². The van der Waals surface area contributed by atoms with Crippen LogP contribution in [-0.4, -0.2) is 31.6 Å². The zero-order valence-corrected chi connectivity index (χ0v) is 14.2. The fourth-order valence-corrected chi connectivity index (χ4v) is 3.62. The summed E-state index contributed by atoms with van der Waals surface area (Å²) in [5, 5.41) is 9.87. The van der Waals surface area contributed by atoms with Crippen LogP contribution in [0.4, 0.5) is 5.13 Å². The average molecular weight is 356 g/mol. The number of rotatable bonds is 7. The number of nitrogens with zero attached hydrogens (tertiary/aromatic N) is 2. The predicted octanol–water partition coefficient (Wildman–Crippen LogP) is 1.37. The first-order valence-electron chi connectivity index (χ1n) is 6.71. The third-order valence-electron chi connectivity index (χ3n) is 2.85. The minimum absolute atomic E-state index is 0.0581. The molecule has 0 aliphatic carbocycles. The summed E-state index contributed by atoms with van der Waals surface area (Å²) < 4.78 is 31.8. The number of para-hydroxylation sites is 1. The molecule has 1 aromatic carbocycles. The Morgan fingerprint density at radius 1 is 1.30 bits per heavy atom. The summed E-state index contributed by atoms with van der Waals surface area (Å²) in [4.78, 5) is 11.3. The van der Waals surface area contributed by atoms with Gasteiger partial charge in [0.25, 0.3) is 10.0 Å². The van der Waals surface area contributed by atoms with E-state index in [1.54, 1.807) is 31.2 Å². The first-order chi connectivity index (χ1) is 11.0. The van der Waals surface area contributed by atoms with Crippen LogP contribution < -0.4 is 14.8 Å². The fourth-order valence-electron chi connectivity index (χ4n) is 1.66. The third-order valence-corrected chi connectivity index (χ3v) is 5.46. The largest absolute Gasteiger partial charge is 0.496 e. The molecule has 0 unspecified atom stereocenters. The molecule has 1 heterocycles. The normalized spacial score (nSPS) is 11.2. The number of carbonyl (C=O) groups excluding carboxylic acids is 1. The number of aromatic nitrogens is 2. The maximum Gasteiger partial charge on any atom is 0.270 e. The van der Waals surface area contributed by atoms with E-state index in [2.05, 4.69) is 20.2 Å². The Morgan fingerprint density at radius 3 is 2.74 bits per heavy atom. The molecule has 0 saturated heterocycles. The van der Waals surface area contributed by atoms with Crippen LogP contribution in [0.2, 0.25) is 0 Å². The smallest absolute Gasteiger partial charge is 0.270 e. The van der Waals surface area contributed by atoms with Gasteiger partial charge < -0.3 is 10.1 Å². The van der Waals surface area contributed by atoms with Gasteiger partial charge in [0.2, 0.25) is 15.4 Å². The molecule has 2 aromatic rings. The van der Waals surface area contributed by atoms with Crippen molar-refractivity contribution in [1.29, 1.82) is 0 Å². The molecular weight excluding hydrogens is 340 g/mol. The van der Waals surface area contributed by atoms with Gasteiger partial charge in [-0.25, -0.2) is 13.1 Å². The average Bonchev–Trinajstić information content (AvgIpc) is 3.02. The van der Waals surface area contributed by atoms with Crippen molar-refractivity contribution in [3.63, 3.8) is 0 Å². The number of hydrogen-bond donors (Lipinski definition) is 2. The van der Waals surface area contributed by atoms with Crippen LogP contribution in [0.25, 0.3) is 0 Å². The van der Waals surface area contributed by atoms with Crippen molar-refractivity contribution in [2.24, 2.45) is 0 Å². The molecule has 0 aliphatic rings. The third kappa shape index (κ3) is 4.47. The maximum atomic E-state index is 12.2. The van der Waals surface area contributed by atoms with Crippen molar-refractivity contribution >= 4 is 32.4 Å². The minimum Gasteiger partial charge on any atom is -0.496 e. The van der Waals surface area contributed by atoms with Gasteiger partial charge in [-0.1, -0.05) is 36.5 Å². The van der Waals surface area contributed by atoms with Gasteiger partial charge in [0.05, 0.1) is 7.11 Å². The number of nitrogens with one attached hydrogen (secondary N) is 2. The van der Waals surface area contributed by atoms with Crippen molar-refractivity contribution < 1.29 is 17.9 Å². The Labute approximate surface area is 137 Å². The minimum atomic E-state index is -3.82. The van der Waals surface area contributed by atoms with Crippen LogP contribution >= 0.6 is 11.3 Å². The standard InChI is InChI=1S/C13H16N4O4S2/c1-3-11(18)15-12-16-17-13(22-12)23(19,20)14-8-9-6-4-5-7-10(9)21-2/h4-7,14H,3,8H2,1-2H3,(H,15,16,18). The number of benzene rings is 1. The van der Waals surface area contributed by atoms with Crippen molar-refractivity contribution in [2.75, 3.05) is 12.4 Å². The molecule has 124 valence electrons. The molecule has 0 saturated carbocycles. The molecule has 0 aliphatic heterocycles. The van der Waals surface area contributed by atoms with E-state index in [1.165, 1.54) is 7.11 Å². The summed E-state index contributed by atoms with van der Waals surface area (Å²) in [6.45, 7) is 1.74. The molecule has 23 heavy (non-hydrogen) atoms. The Balaban J connectivity index is 2.08. The molecule has 0 bridgehead atoms. The number of anilines is 1. The summed E-state index contributed by atoms with van der Waals surface area (Å²) in [5.74, 6) is 0.329. The van der Waals surface area contributed by atoms with Crippen molar-refractivity contribution in [3.8, 4) is 5.75 Å². The highest BCUT2D eigenvalue weighted by molar-refractivity contribution is 7.91. The van der Waals surface area contributed by atoms with Gasteiger partial charge >= 0.3 is 0 Å². The zero-order chi connectivity index (χ0) is 16.9. The fraction of sp³-hybridized carbons (Fsp3) is 0.308. The lowest BCUT2D eigenvalue weighted by atomic mass is 10.2. The van der Waals surface area contributed by atoms with E-state index in [1.807, 2.05) is 0 Å². The van der Waals surface area contributed by atoms with E-state index in [-0.39, 0.29) is 28.3 Å². The molecule has 0 atom stereocenters. The highest BCUT2D eigenvalue weighted by Gasteiger charge is 2.21. The topological polar surface area (TPSA) is 110 Å². The summed E-state index contributed by atoms with van der Waals surface area (Å²) >= 11 is 0.793. The van der Waals surface area contributed by atoms with Gasteiger partial charge in [0.15, 0.2) is 0 Å². The van der Waals surface area contributed by atoms with E-state index in [0.717, 1.165) is 11.3 Å². The Bertz CT molecular complexity index is 789. The number of ether oxygens (including phenoxy) is 1. The monoisotopic (exact) mass is 356 g/mol. The van der Waals surface area contributed by atoms with E-state index >= 15 is 0 Å². The van der Waals surface area contributed by atoms with E-state index in [9.17, 15) is 13.2 Å². The molecule has 10 heteroatoms. The van der Waals surface area contributed by atoms with E-state index in [0.29, 0.717) is 11.3 Å². The number of sulfonamides is 1. The molecule has 0 fully saturated rings. The van der Waals surface area contributed by atoms with Gasteiger partial charge in [-0.05, 0) is 6.07 Å². The van der Waals surface area contributed by atoms with Crippen LogP contribution in [0, 0.1) is 0 Å². The van der Waals surface area contributed by atoms with Gasteiger partial charge in [0, 0.05) is 18.5 Å². The van der Waals surface area contributed by atoms with Crippen molar-refractivity contribution in [3.05, 3.63) is 29.8 Å². The summed E-state index contributed by atoms with van der Waals surface area (Å²) in [6, 6.07) is 7.08. The molecule has 2 rings (SSSR count). The van der Waals surface area contributed by atoms with Crippen molar-refractivity contribution in [1.82, 2.24) is 14.9 Å². The van der Waals surface area contributed by atoms with Crippen LogP contribution in [0.1, 0.15) is 18.9 Å². The number of carbonyl (C=O) groups is 1. The first kappa shape index (κ1) is 17.3. The molecule has 1 amide bonds. The Kier molecular flexibility index (Phi) is 5.64. The van der Waals surface area contributed by atoms with Crippen LogP contribution in [0.3, 0.4) is 0 Å². The molecule has 8 nitrogen and oxygen atoms in total. The quantitative estimate of drug-likeness (QED) is 0.725. The molecule has 2 N–H and O–H groups in total. The highest BCUT2D eigenvalue weighted by atomic mass is 32.2. The second-order valence-electron chi connectivity index (χ2n) is 4.41. The Morgan fingerprint density at radius 2 is 2.04 bits per heavy atom. The van der Waals surface area contributed by atoms with Crippen LogP contribution in [-0.2, 0) is 21.4 Å². The summed E-state index contributed by atoms with van der Waals surface area (Å²) in [5.41, 5.74) is 0.697. The second kappa shape index (κ2) is 7.49. The van der Waals surface area contributed by atoms with Crippen molar-refractivity contribution in [2.45, 2.75) is 24.2 Å². The predicted molar refractivity (Wildman–Crippen MR) is 85.8 cm³/mol. The number of amides is 1. The molecule has 0 radical (unpaired) electrons. The van der Waals surface area contributed by atoms with E-state index in [4.69, 9.17) is 4.74 Å². The lowest BCUT2D eigenvalue weighted by molar-refractivity contribution is -0.115. The SMILES string of the molecule is CCC(=O)Nc1nnc(S(=O)(=O)NCc2ccccc2OC)s1. The maximum absolute atomic E-state index is 12.2. The number of hydrogen-bond acceptors (Lipinski definition) is 7. The Hall–Kier alpha value is -2.04. The lowest BCUT2D eigenvalue weighted by Gasteiger charge is -2.08. The van der Waals surface area contributed by atoms with Gasteiger partial charge in [-0.3, -0.25) is 4.79 Å². The number of methoxy groups -OCH3 is 1. The molecule has 1 aromatic heterocycles. The van der Waals surface area contributed by atoms with Gasteiger partial charge in [-0.2, -0.15) is 0 Å². The van der Waals surface area contributed by atoms with Gasteiger partial charge in [-0.15, -0.1) is 10.2 Å². The highest BCUT2D eigenvalue weighted by Crippen LogP contribution is 2.21. The lowest BCUT2D eigenvalue weighted by Crippen LogP contribution is -2.23. The zero-order valence-electron chi connectivity index (χ0n) is 12.6. The first-order valence-corrected chi connectivity index (χ1v) is 9.01. The molecular formula is C13H16N4O4S2. The van der Waals surface area contributed by atoms with Crippen LogP contribution in [0.5, 0.6) is 5.75 Å². The summed E-state index contributed by atoms with van der Waals surface area (Å²) in [6.07, 6.45) is 0.272. The van der Waals surface area contributed by atoms with Gasteiger partial charge in [0.1, 0.15) is 5.75 Å². The second-order valence-corrected chi connectivity index (χ2v) is 7.33.